The molecule has 1 amide bonds. The van der Waals surface area contributed by atoms with E-state index >= 15 is 0 Å². The molecule has 0 fully saturated rings. The zero-order chi connectivity index (χ0) is 22.9. The molecule has 0 spiro atoms. The minimum absolute atomic E-state index is 0.148. The summed E-state index contributed by atoms with van der Waals surface area (Å²) in [5.41, 5.74) is 1.19. The van der Waals surface area contributed by atoms with E-state index < -0.39 is 17.2 Å². The second kappa shape index (κ2) is 8.67. The molecule has 7 nitrogen and oxygen atoms in total. The molecule has 1 aliphatic rings. The van der Waals surface area contributed by atoms with Crippen molar-refractivity contribution >= 4 is 17.4 Å². The Morgan fingerprint density at radius 3 is 2.69 bits per heavy atom. The van der Waals surface area contributed by atoms with Crippen LogP contribution in [0.25, 0.3) is 0 Å². The number of aromatic nitrogens is 2. The van der Waals surface area contributed by atoms with Gasteiger partial charge in [-0.2, -0.15) is 4.98 Å². The largest absolute Gasteiger partial charge is 0.444 e. The molecule has 0 saturated heterocycles. The number of thiophene rings is 1. The smallest absolute Gasteiger partial charge is 0.408 e. The number of fused-ring (bicyclic) bond motifs is 1. The van der Waals surface area contributed by atoms with Crippen LogP contribution in [0.3, 0.4) is 0 Å². The minimum Gasteiger partial charge on any atom is -0.444 e. The summed E-state index contributed by atoms with van der Waals surface area (Å²) in [6.45, 7) is 10.6. The van der Waals surface area contributed by atoms with Crippen LogP contribution in [0.1, 0.15) is 68.4 Å². The van der Waals surface area contributed by atoms with E-state index in [0.29, 0.717) is 18.3 Å². The molecule has 1 aliphatic heterocycles. The average Bonchev–Trinajstić information content (AvgIpc) is 3.36. The lowest BCUT2D eigenvalue weighted by molar-refractivity contribution is 0.0465. The quantitative estimate of drug-likeness (QED) is 0.582. The number of amides is 1. The third-order valence-corrected chi connectivity index (χ3v) is 6.36. The second-order valence-electron chi connectivity index (χ2n) is 9.60. The Balaban J connectivity index is 1.52. The molecule has 3 heterocycles. The molecule has 0 saturated carbocycles. The summed E-state index contributed by atoms with van der Waals surface area (Å²) in [6, 6.07) is 12.9. The van der Waals surface area contributed by atoms with E-state index in [1.807, 2.05) is 52.0 Å². The van der Waals surface area contributed by atoms with Gasteiger partial charge in [-0.25, -0.2) is 4.79 Å². The maximum absolute atomic E-state index is 12.2. The summed E-state index contributed by atoms with van der Waals surface area (Å²) in [5.74, 6) is 0.946. The first-order chi connectivity index (χ1) is 15.1. The normalized spacial score (nSPS) is 17.1. The molecular formula is C24H30N4O3S. The van der Waals surface area contributed by atoms with Crippen molar-refractivity contribution in [3.8, 4) is 0 Å². The number of carbonyl (C=O) groups is 1. The summed E-state index contributed by atoms with van der Waals surface area (Å²) >= 11 is 1.82. The van der Waals surface area contributed by atoms with Crippen molar-refractivity contribution < 1.29 is 14.1 Å². The Morgan fingerprint density at radius 2 is 1.97 bits per heavy atom. The van der Waals surface area contributed by atoms with Crippen molar-refractivity contribution in [2.24, 2.45) is 0 Å². The SMILES string of the molecule is CC(C)(C)OC(=O)NC(C)(C)c1noc(CN2CCc3sccc3C2c2ccccc2)n1. The molecule has 32 heavy (non-hydrogen) atoms. The first-order valence-corrected chi connectivity index (χ1v) is 11.7. The van der Waals surface area contributed by atoms with E-state index in [9.17, 15) is 4.79 Å². The Morgan fingerprint density at radius 1 is 1.22 bits per heavy atom. The fourth-order valence-electron chi connectivity index (χ4n) is 3.93. The van der Waals surface area contributed by atoms with Crippen LogP contribution >= 0.6 is 11.3 Å². The van der Waals surface area contributed by atoms with E-state index in [0.717, 1.165) is 13.0 Å². The molecule has 2 aromatic heterocycles. The number of benzene rings is 1. The standard InChI is InChI=1S/C24H30N4O3S/c1-23(2,3)30-22(29)26-24(4,5)21-25-19(31-27-21)15-28-13-11-18-17(12-14-32-18)20(28)16-9-7-6-8-10-16/h6-10,12,14,20H,11,13,15H2,1-5H3,(H,26,29). The highest BCUT2D eigenvalue weighted by Gasteiger charge is 2.33. The van der Waals surface area contributed by atoms with Crippen LogP contribution in [0.15, 0.2) is 46.3 Å². The van der Waals surface area contributed by atoms with E-state index in [4.69, 9.17) is 9.26 Å². The van der Waals surface area contributed by atoms with Crippen LogP contribution in [0.2, 0.25) is 0 Å². The third-order valence-electron chi connectivity index (χ3n) is 5.36. The number of ether oxygens (including phenoxy) is 1. The molecular weight excluding hydrogens is 424 g/mol. The van der Waals surface area contributed by atoms with Crippen LogP contribution in [-0.2, 0) is 23.2 Å². The van der Waals surface area contributed by atoms with Crippen LogP contribution in [0, 0.1) is 0 Å². The number of rotatable bonds is 5. The van der Waals surface area contributed by atoms with E-state index in [-0.39, 0.29) is 6.04 Å². The monoisotopic (exact) mass is 454 g/mol. The Labute approximate surface area is 192 Å². The van der Waals surface area contributed by atoms with Gasteiger partial charge in [-0.15, -0.1) is 11.3 Å². The van der Waals surface area contributed by atoms with E-state index in [1.165, 1.54) is 16.0 Å². The molecule has 1 aromatic carbocycles. The summed E-state index contributed by atoms with van der Waals surface area (Å²) in [7, 11) is 0. The molecule has 170 valence electrons. The number of alkyl carbamates (subject to hydrolysis) is 1. The van der Waals surface area contributed by atoms with Crippen molar-refractivity contribution in [1.29, 1.82) is 0 Å². The van der Waals surface area contributed by atoms with Gasteiger partial charge in [0, 0.05) is 11.4 Å². The lowest BCUT2D eigenvalue weighted by Gasteiger charge is -2.35. The van der Waals surface area contributed by atoms with Gasteiger partial charge >= 0.3 is 6.09 Å². The lowest BCUT2D eigenvalue weighted by atomic mass is 9.93. The number of hydrogen-bond donors (Lipinski definition) is 1. The van der Waals surface area contributed by atoms with Crippen molar-refractivity contribution in [3.05, 3.63) is 69.5 Å². The first-order valence-electron chi connectivity index (χ1n) is 10.8. The topological polar surface area (TPSA) is 80.5 Å². The Bertz CT molecular complexity index is 1070. The summed E-state index contributed by atoms with van der Waals surface area (Å²) in [4.78, 5) is 20.7. The highest BCUT2D eigenvalue weighted by Crippen LogP contribution is 2.38. The average molecular weight is 455 g/mol. The zero-order valence-electron chi connectivity index (χ0n) is 19.2. The fraction of sp³-hybridized carbons (Fsp3) is 0.458. The first kappa shape index (κ1) is 22.5. The highest BCUT2D eigenvalue weighted by molar-refractivity contribution is 7.10. The molecule has 0 aliphatic carbocycles. The summed E-state index contributed by atoms with van der Waals surface area (Å²) in [6.07, 6.45) is 0.488. The summed E-state index contributed by atoms with van der Waals surface area (Å²) in [5, 5.41) is 9.15. The number of carbonyl (C=O) groups excluding carboxylic acids is 1. The van der Waals surface area contributed by atoms with Gasteiger partial charge in [0.25, 0.3) is 0 Å². The molecule has 8 heteroatoms. The Hall–Kier alpha value is -2.71. The van der Waals surface area contributed by atoms with Crippen molar-refractivity contribution in [2.75, 3.05) is 6.54 Å². The third kappa shape index (κ3) is 5.02. The highest BCUT2D eigenvalue weighted by atomic mass is 32.1. The molecule has 3 aromatic rings. The predicted octanol–water partition coefficient (Wildman–Crippen LogP) is 5.04. The van der Waals surface area contributed by atoms with Gasteiger partial charge in [0.05, 0.1) is 12.6 Å². The van der Waals surface area contributed by atoms with Crippen LogP contribution < -0.4 is 5.32 Å². The molecule has 1 unspecified atom stereocenters. The van der Waals surface area contributed by atoms with E-state index in [2.05, 4.69) is 56.1 Å². The van der Waals surface area contributed by atoms with Gasteiger partial charge in [-0.3, -0.25) is 4.90 Å². The Kier molecular flexibility index (Phi) is 6.09. The molecule has 1 N–H and O–H groups in total. The lowest BCUT2D eigenvalue weighted by Crippen LogP contribution is -2.44. The predicted molar refractivity (Wildman–Crippen MR) is 123 cm³/mol. The second-order valence-corrected chi connectivity index (χ2v) is 10.6. The minimum atomic E-state index is -0.828. The maximum Gasteiger partial charge on any atom is 0.408 e. The van der Waals surface area contributed by atoms with Gasteiger partial charge in [-0.05, 0) is 63.6 Å². The molecule has 1 atom stereocenters. The van der Waals surface area contributed by atoms with Crippen molar-refractivity contribution in [1.82, 2.24) is 20.4 Å². The van der Waals surface area contributed by atoms with Crippen LogP contribution in [0.4, 0.5) is 4.79 Å². The van der Waals surface area contributed by atoms with Gasteiger partial charge in [0.15, 0.2) is 5.82 Å². The van der Waals surface area contributed by atoms with Crippen molar-refractivity contribution in [3.63, 3.8) is 0 Å². The van der Waals surface area contributed by atoms with Crippen LogP contribution in [0.5, 0.6) is 0 Å². The van der Waals surface area contributed by atoms with Gasteiger partial charge in [0.1, 0.15) is 11.1 Å². The van der Waals surface area contributed by atoms with E-state index in [1.54, 1.807) is 0 Å². The fourth-order valence-corrected chi connectivity index (χ4v) is 4.83. The molecule has 0 bridgehead atoms. The van der Waals surface area contributed by atoms with Crippen LogP contribution in [-0.4, -0.2) is 33.3 Å². The molecule has 0 radical (unpaired) electrons. The number of nitrogens with zero attached hydrogens (tertiary/aromatic N) is 3. The zero-order valence-corrected chi connectivity index (χ0v) is 20.0. The van der Waals surface area contributed by atoms with Crippen molar-refractivity contribution in [2.45, 2.75) is 64.8 Å². The maximum atomic E-state index is 12.2. The number of nitrogens with one attached hydrogen (secondary N) is 1. The summed E-state index contributed by atoms with van der Waals surface area (Å²) < 4.78 is 11.0. The molecule has 4 rings (SSSR count). The number of hydrogen-bond acceptors (Lipinski definition) is 7. The van der Waals surface area contributed by atoms with Gasteiger partial charge < -0.3 is 14.6 Å². The van der Waals surface area contributed by atoms with Gasteiger partial charge in [-0.1, -0.05) is 35.5 Å². The van der Waals surface area contributed by atoms with Gasteiger partial charge in [0.2, 0.25) is 5.89 Å².